The van der Waals surface area contributed by atoms with Crippen molar-refractivity contribution in [3.05, 3.63) is 24.3 Å². The molecule has 0 bridgehead atoms. The summed E-state index contributed by atoms with van der Waals surface area (Å²) in [5.74, 6) is 0.986. The molecule has 1 aromatic carbocycles. The minimum Gasteiger partial charge on any atom is -0.382 e. The van der Waals surface area contributed by atoms with Gasteiger partial charge < -0.3 is 5.32 Å². The molecule has 0 unspecified atom stereocenters. The predicted octanol–water partition coefficient (Wildman–Crippen LogP) is 2.67. The molecule has 4 nitrogen and oxygen atoms in total. The molecule has 3 rings (SSSR count). The molecule has 1 aliphatic heterocycles. The zero-order valence-corrected chi connectivity index (χ0v) is 9.88. The molecule has 1 heterocycles. The second-order valence-electron chi connectivity index (χ2n) is 4.92. The lowest BCUT2D eigenvalue weighted by molar-refractivity contribution is 0.734. The maximum atomic E-state index is 8.36. The lowest BCUT2D eigenvalue weighted by Gasteiger charge is -2.26. The Morgan fingerprint density at radius 3 is 2.71 bits per heavy atom. The first-order chi connectivity index (χ1) is 8.14. The molecule has 1 spiro atoms. The van der Waals surface area contributed by atoms with E-state index in [0.717, 1.165) is 30.8 Å². The number of fused-ring (bicyclic) bond motifs is 1. The highest BCUT2D eigenvalue weighted by Crippen LogP contribution is 2.50. The van der Waals surface area contributed by atoms with Gasteiger partial charge in [-0.15, -0.1) is 0 Å². The van der Waals surface area contributed by atoms with Crippen LogP contribution in [0.25, 0.3) is 0 Å². The monoisotopic (exact) mass is 228 g/mol. The maximum Gasteiger partial charge on any atom is 0.114 e. The van der Waals surface area contributed by atoms with Gasteiger partial charge in [0.15, 0.2) is 0 Å². The van der Waals surface area contributed by atoms with Crippen LogP contribution in [0, 0.1) is 16.2 Å². The Morgan fingerprint density at radius 1 is 1.35 bits per heavy atom. The second kappa shape index (κ2) is 3.32. The fraction of sp³-hybridized carbons (Fsp3) is 0.385. The fourth-order valence-corrected chi connectivity index (χ4v) is 2.44. The first-order valence-electron chi connectivity index (χ1n) is 5.91. The normalized spacial score (nSPS) is 20.5. The smallest absolute Gasteiger partial charge is 0.114 e. The summed E-state index contributed by atoms with van der Waals surface area (Å²) in [4.78, 5) is 1.77. The average Bonchev–Trinajstić information content (AvgIpc) is 3.09. The quantitative estimate of drug-likeness (QED) is 0.472. The molecule has 0 amide bonds. The predicted molar refractivity (Wildman–Crippen MR) is 70.2 cm³/mol. The largest absolute Gasteiger partial charge is 0.382 e. The topological polar surface area (TPSA) is 63.0 Å². The summed E-state index contributed by atoms with van der Waals surface area (Å²) in [6.07, 6.45) is 2.10. The molecule has 1 aromatic rings. The van der Waals surface area contributed by atoms with Crippen LogP contribution in [-0.4, -0.2) is 18.2 Å². The molecule has 1 aliphatic carbocycles. The van der Waals surface area contributed by atoms with E-state index in [4.69, 9.17) is 10.8 Å². The summed E-state index contributed by atoms with van der Waals surface area (Å²) >= 11 is 0. The number of hydrogen-bond acceptors (Lipinski definition) is 3. The molecular formula is C13H16N4. The van der Waals surface area contributed by atoms with E-state index in [1.54, 1.807) is 11.8 Å². The van der Waals surface area contributed by atoms with Gasteiger partial charge in [-0.2, -0.15) is 0 Å². The van der Waals surface area contributed by atoms with Crippen LogP contribution in [0.5, 0.6) is 0 Å². The van der Waals surface area contributed by atoms with Crippen LogP contribution in [0.1, 0.15) is 19.8 Å². The van der Waals surface area contributed by atoms with Crippen LogP contribution in [0.15, 0.2) is 24.3 Å². The Hall–Kier alpha value is -1.84. The summed E-state index contributed by atoms with van der Waals surface area (Å²) in [5.41, 5.74) is 1.91. The number of benzene rings is 1. The van der Waals surface area contributed by atoms with E-state index in [-0.39, 0.29) is 5.41 Å². The van der Waals surface area contributed by atoms with E-state index in [1.807, 2.05) is 24.3 Å². The Morgan fingerprint density at radius 2 is 2.06 bits per heavy atom. The number of nitrogens with one attached hydrogen (secondary N) is 3. The van der Waals surface area contributed by atoms with Gasteiger partial charge in [0.1, 0.15) is 11.7 Å². The first-order valence-corrected chi connectivity index (χ1v) is 5.91. The Balaban J connectivity index is 2.13. The Kier molecular flexibility index (Phi) is 2.02. The van der Waals surface area contributed by atoms with Gasteiger partial charge >= 0.3 is 0 Å². The van der Waals surface area contributed by atoms with Crippen molar-refractivity contribution in [2.45, 2.75) is 19.8 Å². The van der Waals surface area contributed by atoms with Crippen molar-refractivity contribution < 1.29 is 0 Å². The fourth-order valence-electron chi connectivity index (χ4n) is 2.44. The summed E-state index contributed by atoms with van der Waals surface area (Å²) in [5, 5.41) is 19.7. The van der Waals surface area contributed by atoms with Crippen molar-refractivity contribution >= 4 is 23.0 Å². The van der Waals surface area contributed by atoms with Crippen LogP contribution in [0.2, 0.25) is 0 Å². The van der Waals surface area contributed by atoms with Gasteiger partial charge in [-0.05, 0) is 31.9 Å². The molecular weight excluding hydrogens is 212 g/mol. The number of amidine groups is 2. The lowest BCUT2D eigenvalue weighted by Crippen LogP contribution is -2.40. The molecule has 1 saturated carbocycles. The zero-order valence-electron chi connectivity index (χ0n) is 9.88. The second-order valence-corrected chi connectivity index (χ2v) is 4.92. The highest BCUT2D eigenvalue weighted by molar-refractivity contribution is 6.21. The minimum atomic E-state index is -0.0403. The summed E-state index contributed by atoms with van der Waals surface area (Å²) in [6, 6.07) is 7.92. The van der Waals surface area contributed by atoms with Crippen LogP contribution >= 0.6 is 0 Å². The lowest BCUT2D eigenvalue weighted by atomic mass is 10.1. The van der Waals surface area contributed by atoms with Crippen LogP contribution < -0.4 is 10.2 Å². The van der Waals surface area contributed by atoms with E-state index < -0.39 is 0 Å². The van der Waals surface area contributed by atoms with Gasteiger partial charge in [-0.3, -0.25) is 15.7 Å². The van der Waals surface area contributed by atoms with Crippen LogP contribution in [0.4, 0.5) is 11.4 Å². The van der Waals surface area contributed by atoms with E-state index in [9.17, 15) is 0 Å². The molecule has 0 radical (unpaired) electrons. The molecule has 17 heavy (non-hydrogen) atoms. The summed E-state index contributed by atoms with van der Waals surface area (Å²) in [7, 11) is 0. The maximum absolute atomic E-state index is 8.36. The molecule has 0 atom stereocenters. The van der Waals surface area contributed by atoms with Crippen molar-refractivity contribution in [1.29, 1.82) is 10.8 Å². The molecule has 3 N–H and O–H groups in total. The standard InChI is InChI=1S/C13H16N4/c1-9(14)17-11-5-3-2-4-10(11)16-8-13(6-7-13)12(17)15/h2-5,14-16H,6-8H2,1H3. The zero-order chi connectivity index (χ0) is 12.0. The van der Waals surface area contributed by atoms with Gasteiger partial charge in [0, 0.05) is 12.0 Å². The summed E-state index contributed by atoms with van der Waals surface area (Å²) < 4.78 is 0. The van der Waals surface area contributed by atoms with Crippen molar-refractivity contribution in [3.63, 3.8) is 0 Å². The van der Waals surface area contributed by atoms with Gasteiger partial charge in [0.25, 0.3) is 0 Å². The Labute approximate surface area is 101 Å². The van der Waals surface area contributed by atoms with Crippen molar-refractivity contribution in [1.82, 2.24) is 0 Å². The van der Waals surface area contributed by atoms with Gasteiger partial charge in [0.05, 0.1) is 11.4 Å². The van der Waals surface area contributed by atoms with Crippen molar-refractivity contribution in [2.75, 3.05) is 16.8 Å². The number of nitrogens with zero attached hydrogens (tertiary/aromatic N) is 1. The van der Waals surface area contributed by atoms with Crippen molar-refractivity contribution in [2.24, 2.45) is 5.41 Å². The average molecular weight is 228 g/mol. The highest BCUT2D eigenvalue weighted by Gasteiger charge is 2.50. The van der Waals surface area contributed by atoms with Crippen LogP contribution in [0.3, 0.4) is 0 Å². The minimum absolute atomic E-state index is 0.0403. The van der Waals surface area contributed by atoms with Crippen LogP contribution in [-0.2, 0) is 0 Å². The number of anilines is 2. The van der Waals surface area contributed by atoms with Gasteiger partial charge in [0.2, 0.25) is 0 Å². The molecule has 0 saturated heterocycles. The number of hydrogen-bond donors (Lipinski definition) is 3. The summed E-state index contributed by atoms with van der Waals surface area (Å²) in [6.45, 7) is 2.55. The molecule has 4 heteroatoms. The van der Waals surface area contributed by atoms with Gasteiger partial charge in [-0.1, -0.05) is 12.1 Å². The number of para-hydroxylation sites is 2. The molecule has 1 fully saturated rings. The van der Waals surface area contributed by atoms with Gasteiger partial charge in [-0.25, -0.2) is 0 Å². The van der Waals surface area contributed by atoms with E-state index in [2.05, 4.69) is 5.32 Å². The third-order valence-electron chi connectivity index (χ3n) is 3.68. The first kappa shape index (κ1) is 10.3. The van der Waals surface area contributed by atoms with E-state index >= 15 is 0 Å². The third-order valence-corrected chi connectivity index (χ3v) is 3.68. The van der Waals surface area contributed by atoms with E-state index in [0.29, 0.717) is 11.7 Å². The van der Waals surface area contributed by atoms with Crippen molar-refractivity contribution in [3.8, 4) is 0 Å². The molecule has 2 aliphatic rings. The third kappa shape index (κ3) is 1.44. The molecule has 0 aromatic heterocycles. The Bertz CT molecular complexity index is 502. The number of rotatable bonds is 0. The highest BCUT2D eigenvalue weighted by atomic mass is 15.2. The van der Waals surface area contributed by atoms with E-state index in [1.165, 1.54) is 0 Å². The SMILES string of the molecule is CC(=N)N1C(=N)C2(CC2)CNc2ccccc21. The molecule has 88 valence electrons.